The lowest BCUT2D eigenvalue weighted by Crippen LogP contribution is -1.97. The van der Waals surface area contributed by atoms with E-state index in [4.69, 9.17) is 0 Å². The van der Waals surface area contributed by atoms with Gasteiger partial charge in [0.05, 0.1) is 4.88 Å². The van der Waals surface area contributed by atoms with Crippen LogP contribution in [0.3, 0.4) is 0 Å². The van der Waals surface area contributed by atoms with E-state index in [-0.39, 0.29) is 0 Å². The highest BCUT2D eigenvalue weighted by Gasteiger charge is 2.12. The lowest BCUT2D eigenvalue weighted by Gasteiger charge is -2.02. The van der Waals surface area contributed by atoms with Gasteiger partial charge in [0.15, 0.2) is 11.5 Å². The first-order chi connectivity index (χ1) is 7.90. The fourth-order valence-corrected chi connectivity index (χ4v) is 2.57. The fourth-order valence-electron chi connectivity index (χ4n) is 1.85. The van der Waals surface area contributed by atoms with Crippen molar-refractivity contribution in [3.63, 3.8) is 0 Å². The Kier molecular flexibility index (Phi) is 2.22. The van der Waals surface area contributed by atoms with Gasteiger partial charge in [0.2, 0.25) is 0 Å². The molecule has 3 heterocycles. The highest BCUT2D eigenvalue weighted by Crippen LogP contribution is 2.26. The van der Waals surface area contributed by atoms with E-state index in [9.17, 15) is 0 Å². The molecule has 0 radical (unpaired) electrons. The molecule has 4 heteroatoms. The van der Waals surface area contributed by atoms with Gasteiger partial charge in [0.1, 0.15) is 5.52 Å². The van der Waals surface area contributed by atoms with Crippen molar-refractivity contribution < 1.29 is 0 Å². The Morgan fingerprint density at radius 3 is 3.00 bits per heavy atom. The van der Waals surface area contributed by atoms with Crippen LogP contribution in [0, 0.1) is 0 Å². The third kappa shape index (κ3) is 1.34. The average Bonchev–Trinajstić information content (AvgIpc) is 2.95. The number of nitrogens with zero attached hydrogens (tertiary/aromatic N) is 3. The van der Waals surface area contributed by atoms with Crippen LogP contribution in [0.1, 0.15) is 6.92 Å². The van der Waals surface area contributed by atoms with Crippen molar-refractivity contribution in [1.82, 2.24) is 14.5 Å². The number of thiophene rings is 1. The summed E-state index contributed by atoms with van der Waals surface area (Å²) in [5.41, 5.74) is 1.93. The predicted molar refractivity (Wildman–Crippen MR) is 66.5 cm³/mol. The third-order valence-electron chi connectivity index (χ3n) is 2.56. The van der Waals surface area contributed by atoms with Gasteiger partial charge in [-0.1, -0.05) is 6.07 Å². The zero-order valence-corrected chi connectivity index (χ0v) is 9.74. The summed E-state index contributed by atoms with van der Waals surface area (Å²) in [5, 5.41) is 2.07. The molecule has 0 saturated carbocycles. The zero-order chi connectivity index (χ0) is 11.0. The largest absolute Gasteiger partial charge is 0.308 e. The van der Waals surface area contributed by atoms with E-state index >= 15 is 0 Å². The molecule has 0 fully saturated rings. The molecular weight excluding hydrogens is 218 g/mol. The van der Waals surface area contributed by atoms with E-state index in [1.807, 2.05) is 24.4 Å². The number of fused-ring (bicyclic) bond motifs is 1. The summed E-state index contributed by atoms with van der Waals surface area (Å²) in [6, 6.07) is 8.07. The molecule has 0 bridgehead atoms. The first-order valence-electron chi connectivity index (χ1n) is 5.25. The van der Waals surface area contributed by atoms with Crippen LogP contribution in [-0.4, -0.2) is 14.5 Å². The quantitative estimate of drug-likeness (QED) is 0.675. The number of rotatable bonds is 2. The lowest BCUT2D eigenvalue weighted by atomic mass is 10.4. The molecule has 0 atom stereocenters. The molecule has 3 nitrogen and oxygen atoms in total. The van der Waals surface area contributed by atoms with Crippen LogP contribution < -0.4 is 0 Å². The monoisotopic (exact) mass is 229 g/mol. The summed E-state index contributed by atoms with van der Waals surface area (Å²) < 4.78 is 2.15. The van der Waals surface area contributed by atoms with E-state index in [2.05, 4.69) is 32.9 Å². The molecule has 0 spiro atoms. The van der Waals surface area contributed by atoms with Crippen molar-refractivity contribution in [1.29, 1.82) is 0 Å². The van der Waals surface area contributed by atoms with Crippen LogP contribution >= 0.6 is 11.3 Å². The molecule has 80 valence electrons. The third-order valence-corrected chi connectivity index (χ3v) is 3.43. The van der Waals surface area contributed by atoms with Crippen LogP contribution in [0.25, 0.3) is 21.9 Å². The van der Waals surface area contributed by atoms with Crippen molar-refractivity contribution in [2.45, 2.75) is 13.5 Å². The molecule has 0 amide bonds. The second-order valence-electron chi connectivity index (χ2n) is 3.50. The maximum absolute atomic E-state index is 4.64. The van der Waals surface area contributed by atoms with Gasteiger partial charge < -0.3 is 4.57 Å². The molecular formula is C12H11N3S. The molecule has 0 aliphatic carbocycles. The summed E-state index contributed by atoms with van der Waals surface area (Å²) in [7, 11) is 0. The van der Waals surface area contributed by atoms with Gasteiger partial charge in [-0.05, 0) is 30.5 Å². The maximum atomic E-state index is 4.64. The Morgan fingerprint density at radius 2 is 2.25 bits per heavy atom. The molecule has 0 saturated heterocycles. The maximum Gasteiger partial charge on any atom is 0.160 e. The minimum atomic E-state index is 0.890. The van der Waals surface area contributed by atoms with Crippen molar-refractivity contribution in [3.05, 3.63) is 35.8 Å². The van der Waals surface area contributed by atoms with Gasteiger partial charge in [0, 0.05) is 12.7 Å². The number of aromatic nitrogens is 3. The Labute approximate surface area is 97.4 Å². The van der Waals surface area contributed by atoms with E-state index < -0.39 is 0 Å². The number of aryl methyl sites for hydroxylation is 1. The van der Waals surface area contributed by atoms with E-state index in [0.29, 0.717) is 0 Å². The Morgan fingerprint density at radius 1 is 1.31 bits per heavy atom. The van der Waals surface area contributed by atoms with Gasteiger partial charge >= 0.3 is 0 Å². The second-order valence-corrected chi connectivity index (χ2v) is 4.45. The van der Waals surface area contributed by atoms with Gasteiger partial charge in [-0.25, -0.2) is 9.97 Å². The second kappa shape index (κ2) is 3.72. The van der Waals surface area contributed by atoms with E-state index in [1.54, 1.807) is 11.3 Å². The molecule has 16 heavy (non-hydrogen) atoms. The molecule has 0 aromatic carbocycles. The van der Waals surface area contributed by atoms with Crippen molar-refractivity contribution in [3.8, 4) is 10.7 Å². The van der Waals surface area contributed by atoms with Crippen molar-refractivity contribution in [2.75, 3.05) is 0 Å². The predicted octanol–water partition coefficient (Wildman–Crippen LogP) is 3.18. The van der Waals surface area contributed by atoms with Gasteiger partial charge in [-0.2, -0.15) is 0 Å². The van der Waals surface area contributed by atoms with Crippen LogP contribution in [0.4, 0.5) is 0 Å². The zero-order valence-electron chi connectivity index (χ0n) is 8.92. The van der Waals surface area contributed by atoms with Crippen LogP contribution in [0.5, 0.6) is 0 Å². The summed E-state index contributed by atoms with van der Waals surface area (Å²) in [4.78, 5) is 10.2. The average molecular weight is 229 g/mol. The molecule has 0 aliphatic rings. The van der Waals surface area contributed by atoms with Gasteiger partial charge in [-0.3, -0.25) is 0 Å². The normalized spacial score (nSPS) is 11.1. The minimum Gasteiger partial charge on any atom is -0.308 e. The SMILES string of the molecule is CCn1c(-c2cccs2)nc2cccnc21. The molecule has 3 aromatic rings. The number of hydrogen-bond acceptors (Lipinski definition) is 3. The molecule has 0 N–H and O–H groups in total. The van der Waals surface area contributed by atoms with Gasteiger partial charge in [0.25, 0.3) is 0 Å². The van der Waals surface area contributed by atoms with Crippen LogP contribution in [0.2, 0.25) is 0 Å². The first kappa shape index (κ1) is 9.54. The Bertz CT molecular complexity index is 610. The van der Waals surface area contributed by atoms with Crippen molar-refractivity contribution in [2.24, 2.45) is 0 Å². The van der Waals surface area contributed by atoms with E-state index in [0.717, 1.165) is 23.5 Å². The number of hydrogen-bond donors (Lipinski definition) is 0. The minimum absolute atomic E-state index is 0.890. The molecule has 3 aromatic heterocycles. The summed E-state index contributed by atoms with van der Waals surface area (Å²) in [6.45, 7) is 3.01. The molecule has 0 unspecified atom stereocenters. The highest BCUT2D eigenvalue weighted by molar-refractivity contribution is 7.13. The fraction of sp³-hybridized carbons (Fsp3) is 0.167. The highest BCUT2D eigenvalue weighted by atomic mass is 32.1. The summed E-state index contributed by atoms with van der Waals surface area (Å²) in [5.74, 6) is 1.02. The number of pyridine rings is 1. The standard InChI is InChI=1S/C12H11N3S/c1-2-15-11-9(5-3-7-13-11)14-12(15)10-6-4-8-16-10/h3-8H,2H2,1H3. The van der Waals surface area contributed by atoms with Crippen LogP contribution in [-0.2, 0) is 6.54 Å². The Balaban J connectivity index is 2.32. The van der Waals surface area contributed by atoms with Crippen molar-refractivity contribution >= 4 is 22.5 Å². The molecule has 3 rings (SSSR count). The number of imidazole rings is 1. The first-order valence-corrected chi connectivity index (χ1v) is 6.13. The smallest absolute Gasteiger partial charge is 0.160 e. The lowest BCUT2D eigenvalue weighted by molar-refractivity contribution is 0.789. The Hall–Kier alpha value is -1.68. The summed E-state index contributed by atoms with van der Waals surface area (Å²) in [6.07, 6.45) is 1.81. The molecule has 0 aliphatic heterocycles. The van der Waals surface area contributed by atoms with Crippen LogP contribution in [0.15, 0.2) is 35.8 Å². The van der Waals surface area contributed by atoms with Gasteiger partial charge in [-0.15, -0.1) is 11.3 Å². The van der Waals surface area contributed by atoms with E-state index in [1.165, 1.54) is 4.88 Å². The topological polar surface area (TPSA) is 30.7 Å². The summed E-state index contributed by atoms with van der Waals surface area (Å²) >= 11 is 1.71.